The van der Waals surface area contributed by atoms with Crippen molar-refractivity contribution in [1.29, 1.82) is 0 Å². The van der Waals surface area contributed by atoms with Crippen LogP contribution >= 0.6 is 11.6 Å². The molecule has 0 aliphatic rings. The number of carbonyl (C=O) groups excluding carboxylic acids is 1. The Hall–Kier alpha value is -2.44. The van der Waals surface area contributed by atoms with E-state index in [9.17, 15) is 13.2 Å². The lowest BCUT2D eigenvalue weighted by molar-refractivity contribution is -0.116. The number of nitrogens with zero attached hydrogens (tertiary/aromatic N) is 1. The first-order valence-electron chi connectivity index (χ1n) is 9.13. The van der Waals surface area contributed by atoms with Gasteiger partial charge in [0.1, 0.15) is 11.5 Å². The van der Waals surface area contributed by atoms with Gasteiger partial charge in [-0.05, 0) is 50.1 Å². The molecule has 0 atom stereocenters. The second kappa shape index (κ2) is 8.51. The van der Waals surface area contributed by atoms with Crippen molar-refractivity contribution in [2.45, 2.75) is 32.9 Å². The van der Waals surface area contributed by atoms with Crippen LogP contribution in [0.25, 0.3) is 11.5 Å². The fourth-order valence-electron chi connectivity index (χ4n) is 2.95. The molecular formula is C22H22ClNO4S. The Morgan fingerprint density at radius 3 is 2.34 bits per heavy atom. The van der Waals surface area contributed by atoms with E-state index in [1.54, 1.807) is 19.1 Å². The highest BCUT2D eigenvalue weighted by molar-refractivity contribution is 7.91. The Kier molecular flexibility index (Phi) is 6.24. The summed E-state index contributed by atoms with van der Waals surface area (Å²) in [5, 5.41) is 0.464. The molecule has 0 unspecified atom stereocenters. The molecule has 0 saturated heterocycles. The molecular weight excluding hydrogens is 410 g/mol. The van der Waals surface area contributed by atoms with Gasteiger partial charge in [-0.2, -0.15) is 0 Å². The molecule has 0 bridgehead atoms. The number of halogens is 1. The van der Waals surface area contributed by atoms with Crippen molar-refractivity contribution in [3.63, 3.8) is 0 Å². The summed E-state index contributed by atoms with van der Waals surface area (Å²) in [6, 6.07) is 12.9. The molecule has 0 aliphatic carbocycles. The van der Waals surface area contributed by atoms with Crippen LogP contribution in [0.2, 0.25) is 5.02 Å². The van der Waals surface area contributed by atoms with Gasteiger partial charge in [0, 0.05) is 17.0 Å². The highest BCUT2D eigenvalue weighted by atomic mass is 35.5. The maximum atomic E-state index is 12.5. The van der Waals surface area contributed by atoms with Crippen LogP contribution in [0.15, 0.2) is 46.9 Å². The van der Waals surface area contributed by atoms with Gasteiger partial charge in [0.05, 0.1) is 11.4 Å². The van der Waals surface area contributed by atoms with Crippen LogP contribution in [0.1, 0.15) is 28.1 Å². The molecule has 1 heterocycles. The van der Waals surface area contributed by atoms with Gasteiger partial charge in [0.2, 0.25) is 5.89 Å². The summed E-state index contributed by atoms with van der Waals surface area (Å²) >= 11 is 6.14. The molecule has 0 amide bonds. The van der Waals surface area contributed by atoms with E-state index in [2.05, 4.69) is 4.98 Å². The molecule has 5 nitrogen and oxygen atoms in total. The summed E-state index contributed by atoms with van der Waals surface area (Å²) in [4.78, 5) is 16.6. The first-order chi connectivity index (χ1) is 13.6. The van der Waals surface area contributed by atoms with Crippen LogP contribution in [0, 0.1) is 20.8 Å². The van der Waals surface area contributed by atoms with Gasteiger partial charge in [0.25, 0.3) is 0 Å². The van der Waals surface area contributed by atoms with E-state index < -0.39 is 21.4 Å². The Bertz CT molecular complexity index is 1150. The number of hydrogen-bond acceptors (Lipinski definition) is 5. The average Bonchev–Trinajstić information content (AvgIpc) is 2.97. The fraction of sp³-hybridized carbons (Fsp3) is 0.273. The smallest absolute Gasteiger partial charge is 0.226 e. The molecule has 0 radical (unpaired) electrons. The molecule has 152 valence electrons. The van der Waals surface area contributed by atoms with Gasteiger partial charge < -0.3 is 4.42 Å². The summed E-state index contributed by atoms with van der Waals surface area (Å²) in [5.41, 5.74) is 3.79. The maximum absolute atomic E-state index is 12.5. The van der Waals surface area contributed by atoms with Crippen molar-refractivity contribution >= 4 is 27.2 Å². The molecule has 0 spiro atoms. The number of aromatic nitrogens is 1. The predicted molar refractivity (Wildman–Crippen MR) is 114 cm³/mol. The van der Waals surface area contributed by atoms with Gasteiger partial charge in [-0.1, -0.05) is 41.4 Å². The van der Waals surface area contributed by atoms with E-state index in [1.165, 1.54) is 0 Å². The SMILES string of the molecule is Cc1ccc(-c2nc(CS(=O)(=O)CC(=O)Cc3ccc(C)cc3Cl)c(C)o2)cc1. The fourth-order valence-corrected chi connectivity index (χ4v) is 4.63. The lowest BCUT2D eigenvalue weighted by atomic mass is 10.1. The number of aryl methyl sites for hydroxylation is 3. The van der Waals surface area contributed by atoms with Crippen molar-refractivity contribution in [3.05, 3.63) is 75.6 Å². The molecule has 3 aromatic rings. The highest BCUT2D eigenvalue weighted by Crippen LogP contribution is 2.24. The summed E-state index contributed by atoms with van der Waals surface area (Å²) in [6.07, 6.45) is -0.0231. The summed E-state index contributed by atoms with van der Waals surface area (Å²) in [5.74, 6) is -0.524. The zero-order chi connectivity index (χ0) is 21.2. The standard InChI is InChI=1S/C22H22ClNO4S/c1-14-4-7-17(8-5-14)22-24-21(16(3)28-22)13-29(26,27)12-19(25)11-18-9-6-15(2)10-20(18)23/h4-10H,11-13H2,1-3H3. The third kappa shape index (κ3) is 5.55. The first-order valence-corrected chi connectivity index (χ1v) is 11.3. The van der Waals surface area contributed by atoms with Gasteiger partial charge in [-0.25, -0.2) is 13.4 Å². The summed E-state index contributed by atoms with van der Waals surface area (Å²) in [6.45, 7) is 5.54. The monoisotopic (exact) mass is 431 g/mol. The molecule has 0 fully saturated rings. The van der Waals surface area contributed by atoms with Crippen molar-refractivity contribution in [2.75, 3.05) is 5.75 Å². The minimum atomic E-state index is -3.69. The van der Waals surface area contributed by atoms with E-state index in [0.717, 1.165) is 16.7 Å². The van der Waals surface area contributed by atoms with E-state index in [-0.39, 0.29) is 12.2 Å². The Labute approximate surface area is 175 Å². The van der Waals surface area contributed by atoms with E-state index in [1.807, 2.05) is 44.2 Å². The molecule has 29 heavy (non-hydrogen) atoms. The van der Waals surface area contributed by atoms with Crippen molar-refractivity contribution in [3.8, 4) is 11.5 Å². The molecule has 0 aliphatic heterocycles. The average molecular weight is 432 g/mol. The van der Waals surface area contributed by atoms with Gasteiger partial charge in [-0.15, -0.1) is 0 Å². The van der Waals surface area contributed by atoms with Crippen LogP contribution in [-0.4, -0.2) is 24.9 Å². The minimum Gasteiger partial charge on any atom is -0.441 e. The molecule has 0 saturated carbocycles. The molecule has 0 N–H and O–H groups in total. The number of ketones is 1. The van der Waals surface area contributed by atoms with Crippen LogP contribution in [0.3, 0.4) is 0 Å². The number of sulfone groups is 1. The quantitative estimate of drug-likeness (QED) is 0.544. The Balaban J connectivity index is 1.70. The van der Waals surface area contributed by atoms with Gasteiger partial charge >= 0.3 is 0 Å². The van der Waals surface area contributed by atoms with E-state index in [4.69, 9.17) is 16.0 Å². The third-order valence-corrected chi connectivity index (χ3v) is 6.35. The zero-order valence-corrected chi connectivity index (χ0v) is 18.1. The zero-order valence-electron chi connectivity index (χ0n) is 16.5. The number of rotatable bonds is 7. The second-order valence-electron chi connectivity index (χ2n) is 7.23. The summed E-state index contributed by atoms with van der Waals surface area (Å²) in [7, 11) is -3.69. The number of carbonyl (C=O) groups is 1. The van der Waals surface area contributed by atoms with E-state index >= 15 is 0 Å². The van der Waals surface area contributed by atoms with Crippen molar-refractivity contribution in [2.24, 2.45) is 0 Å². The minimum absolute atomic E-state index is 0.0231. The maximum Gasteiger partial charge on any atom is 0.226 e. The van der Waals surface area contributed by atoms with Crippen molar-refractivity contribution in [1.82, 2.24) is 4.98 Å². The molecule has 7 heteroatoms. The lowest BCUT2D eigenvalue weighted by Crippen LogP contribution is -2.20. The van der Waals surface area contributed by atoms with Crippen LogP contribution in [0.4, 0.5) is 0 Å². The van der Waals surface area contributed by atoms with Crippen LogP contribution in [-0.2, 0) is 26.8 Å². The highest BCUT2D eigenvalue weighted by Gasteiger charge is 2.22. The number of oxazole rings is 1. The van der Waals surface area contributed by atoms with Crippen molar-refractivity contribution < 1.29 is 17.6 Å². The predicted octanol–water partition coefficient (Wildman–Crippen LogP) is 4.65. The lowest BCUT2D eigenvalue weighted by Gasteiger charge is -2.06. The van der Waals surface area contributed by atoms with Gasteiger partial charge in [-0.3, -0.25) is 4.79 Å². The largest absolute Gasteiger partial charge is 0.441 e. The van der Waals surface area contributed by atoms with Crippen LogP contribution in [0.5, 0.6) is 0 Å². The summed E-state index contributed by atoms with van der Waals surface area (Å²) < 4.78 is 30.7. The molecule has 1 aromatic heterocycles. The van der Waals surface area contributed by atoms with E-state index in [0.29, 0.717) is 27.9 Å². The Morgan fingerprint density at radius 2 is 1.69 bits per heavy atom. The topological polar surface area (TPSA) is 77.2 Å². The normalized spacial score (nSPS) is 11.6. The Morgan fingerprint density at radius 1 is 1.03 bits per heavy atom. The second-order valence-corrected chi connectivity index (χ2v) is 9.70. The van der Waals surface area contributed by atoms with Crippen LogP contribution < -0.4 is 0 Å². The molecule has 2 aromatic carbocycles. The third-order valence-electron chi connectivity index (χ3n) is 4.52. The molecule has 3 rings (SSSR count). The number of Topliss-reactive ketones (excluding diaryl/α,β-unsaturated/α-hetero) is 1. The number of hydrogen-bond donors (Lipinski definition) is 0. The van der Waals surface area contributed by atoms with Gasteiger partial charge in [0.15, 0.2) is 15.6 Å². The number of benzene rings is 2. The first kappa shape index (κ1) is 21.3.